The number of hydrogen-bond donors (Lipinski definition) is 2. The summed E-state index contributed by atoms with van der Waals surface area (Å²) in [5, 5.41) is 7.38. The monoisotopic (exact) mass is 479 g/mol. The quantitative estimate of drug-likeness (QED) is 0.406. The molecule has 1 aromatic heterocycles. The summed E-state index contributed by atoms with van der Waals surface area (Å²) >= 11 is 11.9. The predicted molar refractivity (Wildman–Crippen MR) is 136 cm³/mol. The molecule has 2 aliphatic rings. The van der Waals surface area contributed by atoms with Gasteiger partial charge in [-0.25, -0.2) is 4.98 Å². The number of aromatic nitrogens is 2. The van der Waals surface area contributed by atoms with Crippen molar-refractivity contribution in [3.05, 3.63) is 82.5 Å². The standard InChI is InChI=1S/C25H26ClN5OS/c26-21-14-22(31-15-18-6-4-5-7-19(18)16-31)29-23(28-21)30-24(33)27-17-25(10-12-32-13-11-25)20-8-2-1-3-9-20/h1-9,14H,10-13,15-17H2,(H2,27,28,29,30,33). The lowest BCUT2D eigenvalue weighted by atomic mass is 9.74. The van der Waals surface area contributed by atoms with E-state index in [0.29, 0.717) is 22.8 Å². The zero-order chi connectivity index (χ0) is 22.7. The van der Waals surface area contributed by atoms with Gasteiger partial charge in [0.1, 0.15) is 11.0 Å². The smallest absolute Gasteiger partial charge is 0.232 e. The van der Waals surface area contributed by atoms with Crippen LogP contribution in [0.4, 0.5) is 11.8 Å². The fraction of sp³-hybridized carbons (Fsp3) is 0.320. The van der Waals surface area contributed by atoms with Crippen molar-refractivity contribution in [2.45, 2.75) is 31.3 Å². The Balaban J connectivity index is 1.26. The summed E-state index contributed by atoms with van der Waals surface area (Å²) in [6.45, 7) is 3.80. The van der Waals surface area contributed by atoms with Crippen molar-refractivity contribution >= 4 is 40.7 Å². The minimum Gasteiger partial charge on any atom is -0.381 e. The molecular weight excluding hydrogens is 454 g/mol. The Kier molecular flexibility index (Phi) is 6.44. The van der Waals surface area contributed by atoms with E-state index < -0.39 is 0 Å². The van der Waals surface area contributed by atoms with E-state index in [1.807, 2.05) is 6.07 Å². The molecule has 33 heavy (non-hydrogen) atoms. The highest BCUT2D eigenvalue weighted by Crippen LogP contribution is 2.34. The van der Waals surface area contributed by atoms with Gasteiger partial charge in [-0.05, 0) is 41.7 Å². The maximum atomic E-state index is 6.33. The summed E-state index contributed by atoms with van der Waals surface area (Å²) in [6, 6.07) is 20.8. The zero-order valence-electron chi connectivity index (χ0n) is 18.3. The molecule has 2 aliphatic heterocycles. The number of rotatable bonds is 5. The third kappa shape index (κ3) is 4.95. The molecule has 3 heterocycles. The normalized spacial score (nSPS) is 16.8. The lowest BCUT2D eigenvalue weighted by molar-refractivity contribution is 0.0515. The largest absolute Gasteiger partial charge is 0.381 e. The third-order valence-corrected chi connectivity index (χ3v) is 6.93. The minimum atomic E-state index is -0.0209. The first kappa shape index (κ1) is 22.1. The Morgan fingerprint density at radius 1 is 1.00 bits per heavy atom. The molecule has 5 rings (SSSR count). The number of ether oxygens (including phenoxy) is 1. The first-order chi connectivity index (χ1) is 16.1. The molecule has 2 aromatic carbocycles. The van der Waals surface area contributed by atoms with Crippen molar-refractivity contribution in [1.29, 1.82) is 0 Å². The highest BCUT2D eigenvalue weighted by atomic mass is 35.5. The van der Waals surface area contributed by atoms with E-state index in [1.165, 1.54) is 16.7 Å². The average Bonchev–Trinajstić information content (AvgIpc) is 3.28. The molecule has 0 unspecified atom stereocenters. The van der Waals surface area contributed by atoms with E-state index in [1.54, 1.807) is 6.07 Å². The first-order valence-corrected chi connectivity index (χ1v) is 11.9. The molecule has 170 valence electrons. The number of nitrogens with one attached hydrogen (secondary N) is 2. The van der Waals surface area contributed by atoms with Crippen molar-refractivity contribution in [3.8, 4) is 0 Å². The summed E-state index contributed by atoms with van der Waals surface area (Å²) < 4.78 is 5.63. The fourth-order valence-electron chi connectivity index (χ4n) is 4.64. The molecule has 2 N–H and O–H groups in total. The molecule has 0 aliphatic carbocycles. The van der Waals surface area contributed by atoms with Gasteiger partial charge >= 0.3 is 0 Å². The van der Waals surface area contributed by atoms with E-state index in [2.05, 4.69) is 74.0 Å². The molecule has 0 amide bonds. The van der Waals surface area contributed by atoms with E-state index in [9.17, 15) is 0 Å². The van der Waals surface area contributed by atoms with Gasteiger partial charge in [-0.15, -0.1) is 0 Å². The van der Waals surface area contributed by atoms with Crippen LogP contribution in [0.1, 0.15) is 29.5 Å². The highest BCUT2D eigenvalue weighted by Gasteiger charge is 2.34. The van der Waals surface area contributed by atoms with Crippen molar-refractivity contribution in [2.75, 3.05) is 30.0 Å². The van der Waals surface area contributed by atoms with Crippen molar-refractivity contribution in [2.24, 2.45) is 0 Å². The molecular formula is C25H26ClN5OS. The van der Waals surface area contributed by atoms with E-state index in [0.717, 1.165) is 45.0 Å². The lowest BCUT2D eigenvalue weighted by Crippen LogP contribution is -2.45. The number of nitrogens with zero attached hydrogens (tertiary/aromatic N) is 3. The summed E-state index contributed by atoms with van der Waals surface area (Å²) in [5.41, 5.74) is 3.90. The Labute approximate surface area is 204 Å². The molecule has 8 heteroatoms. The van der Waals surface area contributed by atoms with Gasteiger partial charge in [0.25, 0.3) is 0 Å². The summed E-state index contributed by atoms with van der Waals surface area (Å²) in [4.78, 5) is 11.2. The van der Waals surface area contributed by atoms with Crippen molar-refractivity contribution in [1.82, 2.24) is 15.3 Å². The number of halogens is 1. The second-order valence-corrected chi connectivity index (χ2v) is 9.36. The van der Waals surface area contributed by atoms with Crippen LogP contribution in [0.3, 0.4) is 0 Å². The van der Waals surface area contributed by atoms with Gasteiger partial charge in [0, 0.05) is 44.3 Å². The molecule has 0 bridgehead atoms. The van der Waals surface area contributed by atoms with Crippen LogP contribution < -0.4 is 15.5 Å². The molecule has 0 saturated carbocycles. The van der Waals surface area contributed by atoms with Gasteiger partial charge in [-0.2, -0.15) is 4.98 Å². The van der Waals surface area contributed by atoms with Gasteiger partial charge in [0.2, 0.25) is 5.95 Å². The van der Waals surface area contributed by atoms with Crippen LogP contribution in [0.15, 0.2) is 60.7 Å². The summed E-state index contributed by atoms with van der Waals surface area (Å²) in [7, 11) is 0. The number of hydrogen-bond acceptors (Lipinski definition) is 5. The second-order valence-electron chi connectivity index (χ2n) is 8.56. The summed E-state index contributed by atoms with van der Waals surface area (Å²) in [5.74, 6) is 1.17. The molecule has 1 saturated heterocycles. The average molecular weight is 480 g/mol. The van der Waals surface area contributed by atoms with Crippen LogP contribution in [-0.2, 0) is 23.2 Å². The Morgan fingerprint density at radius 3 is 2.36 bits per heavy atom. The number of thiocarbonyl (C=S) groups is 1. The Bertz CT molecular complexity index is 1110. The maximum Gasteiger partial charge on any atom is 0.232 e. The van der Waals surface area contributed by atoms with Gasteiger partial charge in [0.15, 0.2) is 5.11 Å². The SMILES string of the molecule is S=C(NCC1(c2ccccc2)CCOCC1)Nc1nc(Cl)cc(N2Cc3ccccc3C2)n1. The Morgan fingerprint density at radius 2 is 1.67 bits per heavy atom. The first-order valence-electron chi connectivity index (χ1n) is 11.2. The van der Waals surface area contributed by atoms with Gasteiger partial charge in [0.05, 0.1) is 0 Å². The van der Waals surface area contributed by atoms with E-state index >= 15 is 0 Å². The van der Waals surface area contributed by atoms with Crippen molar-refractivity contribution in [3.63, 3.8) is 0 Å². The van der Waals surface area contributed by atoms with Crippen LogP contribution in [0.5, 0.6) is 0 Å². The van der Waals surface area contributed by atoms with Crippen LogP contribution in [0.25, 0.3) is 0 Å². The van der Waals surface area contributed by atoms with Crippen LogP contribution >= 0.6 is 23.8 Å². The van der Waals surface area contributed by atoms with E-state index in [-0.39, 0.29) is 5.41 Å². The second kappa shape index (κ2) is 9.63. The Hall–Kier alpha value is -2.74. The molecule has 0 radical (unpaired) electrons. The maximum absolute atomic E-state index is 6.33. The van der Waals surface area contributed by atoms with Crippen LogP contribution in [0.2, 0.25) is 5.15 Å². The summed E-state index contributed by atoms with van der Waals surface area (Å²) in [6.07, 6.45) is 1.89. The van der Waals surface area contributed by atoms with Gasteiger partial charge in [-0.3, -0.25) is 0 Å². The molecule has 3 aromatic rings. The lowest BCUT2D eigenvalue weighted by Gasteiger charge is -2.38. The van der Waals surface area contributed by atoms with Gasteiger partial charge < -0.3 is 20.3 Å². The molecule has 6 nitrogen and oxygen atoms in total. The molecule has 0 spiro atoms. The predicted octanol–water partition coefficient (Wildman–Crippen LogP) is 4.69. The van der Waals surface area contributed by atoms with Crippen LogP contribution in [-0.4, -0.2) is 34.8 Å². The van der Waals surface area contributed by atoms with E-state index in [4.69, 9.17) is 28.6 Å². The fourth-order valence-corrected chi connectivity index (χ4v) is 4.98. The van der Waals surface area contributed by atoms with Crippen LogP contribution in [0, 0.1) is 0 Å². The number of anilines is 2. The van der Waals surface area contributed by atoms with Crippen molar-refractivity contribution < 1.29 is 4.74 Å². The van der Waals surface area contributed by atoms with Gasteiger partial charge in [-0.1, -0.05) is 66.2 Å². The highest BCUT2D eigenvalue weighted by molar-refractivity contribution is 7.80. The molecule has 1 fully saturated rings. The number of benzene rings is 2. The zero-order valence-corrected chi connectivity index (χ0v) is 19.8. The number of fused-ring (bicyclic) bond motifs is 1. The minimum absolute atomic E-state index is 0.0209. The topological polar surface area (TPSA) is 62.3 Å². The third-order valence-electron chi connectivity index (χ3n) is 6.49. The molecule has 0 atom stereocenters.